The Labute approximate surface area is 226 Å². The zero-order valence-electron chi connectivity index (χ0n) is 22.8. The van der Waals surface area contributed by atoms with Crippen LogP contribution in [0.25, 0.3) is 22.4 Å². The molecule has 1 fully saturated rings. The summed E-state index contributed by atoms with van der Waals surface area (Å²) in [5.74, 6) is 1.34. The number of H-pyrrole nitrogens is 2. The van der Waals surface area contributed by atoms with Crippen molar-refractivity contribution in [2.24, 2.45) is 0 Å². The molecule has 4 aromatic rings. The highest BCUT2D eigenvalue weighted by Gasteiger charge is 2.29. The van der Waals surface area contributed by atoms with Crippen LogP contribution in [0.4, 0.5) is 5.69 Å². The standard InChI is InChI=1S/C29H35N7O3/c1-17(13-21-18(2)34-39-19(21)3)31-23-7-8-30-28(37)26(23)27-32-24-14-20-16-36(12-6-11-35-9-4-5-10-35)29(38)22(20)15-25(24)33-27/h7-8,14-15,17H,4-6,9-13,16H2,1-3H3,(H,32,33)(H2,30,31,37). The van der Waals surface area contributed by atoms with Gasteiger partial charge in [0.1, 0.15) is 17.1 Å². The molecule has 0 spiro atoms. The average Bonchev–Trinajstić information content (AvgIpc) is 3.69. The number of aromatic amines is 2. The molecule has 1 aromatic carbocycles. The number of anilines is 1. The van der Waals surface area contributed by atoms with Crippen LogP contribution in [-0.4, -0.2) is 68.0 Å². The highest BCUT2D eigenvalue weighted by molar-refractivity contribution is 6.02. The highest BCUT2D eigenvalue weighted by Crippen LogP contribution is 2.30. The minimum absolute atomic E-state index is 0.0182. The number of nitrogens with zero attached hydrogens (tertiary/aromatic N) is 4. The number of carbonyl (C=O) groups excluding carboxylic acids is 1. The molecule has 3 N–H and O–H groups in total. The van der Waals surface area contributed by atoms with Gasteiger partial charge in [-0.2, -0.15) is 0 Å². The molecule has 2 aliphatic rings. The molecule has 1 saturated heterocycles. The van der Waals surface area contributed by atoms with Gasteiger partial charge < -0.3 is 29.6 Å². The highest BCUT2D eigenvalue weighted by atomic mass is 16.5. The number of imidazole rings is 1. The zero-order valence-corrected chi connectivity index (χ0v) is 22.8. The number of fused-ring (bicyclic) bond motifs is 2. The number of hydrogen-bond acceptors (Lipinski definition) is 7. The molecule has 5 heterocycles. The van der Waals surface area contributed by atoms with Crippen molar-refractivity contribution in [2.75, 3.05) is 31.5 Å². The van der Waals surface area contributed by atoms with Crippen molar-refractivity contribution < 1.29 is 9.32 Å². The van der Waals surface area contributed by atoms with Crippen molar-refractivity contribution in [3.05, 3.63) is 62.9 Å². The topological polar surface area (TPSA) is 123 Å². The molecule has 1 unspecified atom stereocenters. The number of carbonyl (C=O) groups is 1. The van der Waals surface area contributed by atoms with Gasteiger partial charge in [0.25, 0.3) is 11.5 Å². The van der Waals surface area contributed by atoms with E-state index in [2.05, 4.69) is 32.3 Å². The number of hydrogen-bond donors (Lipinski definition) is 3. The summed E-state index contributed by atoms with van der Waals surface area (Å²) in [7, 11) is 0. The maximum absolute atomic E-state index is 13.2. The van der Waals surface area contributed by atoms with Crippen LogP contribution in [0.15, 0.2) is 33.7 Å². The number of likely N-dealkylation sites (tertiary alicyclic amines) is 1. The molecule has 10 nitrogen and oxygen atoms in total. The van der Waals surface area contributed by atoms with Crippen LogP contribution in [0.2, 0.25) is 0 Å². The molecule has 0 saturated carbocycles. The lowest BCUT2D eigenvalue weighted by atomic mass is 10.0. The van der Waals surface area contributed by atoms with Gasteiger partial charge in [0.15, 0.2) is 0 Å². The molecule has 1 atom stereocenters. The predicted octanol–water partition coefficient (Wildman–Crippen LogP) is 4.01. The van der Waals surface area contributed by atoms with Gasteiger partial charge in [-0.25, -0.2) is 4.98 Å². The van der Waals surface area contributed by atoms with E-state index in [0.717, 1.165) is 53.1 Å². The molecule has 2 aliphatic heterocycles. The second-order valence-corrected chi connectivity index (χ2v) is 10.9. The number of benzene rings is 1. The van der Waals surface area contributed by atoms with Crippen LogP contribution in [0.3, 0.4) is 0 Å². The van der Waals surface area contributed by atoms with Gasteiger partial charge in [-0.1, -0.05) is 5.16 Å². The SMILES string of the molecule is Cc1noc(C)c1CC(C)Nc1cc[nH]c(=O)c1-c1nc2cc3c(cc2[nH]1)C(=O)N(CCCN1CCCC1)C3. The first-order chi connectivity index (χ1) is 18.9. The second kappa shape index (κ2) is 10.3. The van der Waals surface area contributed by atoms with Crippen molar-refractivity contribution in [2.45, 2.75) is 59.0 Å². The Bertz CT molecular complexity index is 1560. The van der Waals surface area contributed by atoms with Crippen molar-refractivity contribution in [3.63, 3.8) is 0 Å². The van der Waals surface area contributed by atoms with Gasteiger partial charge in [-0.15, -0.1) is 0 Å². The van der Waals surface area contributed by atoms with E-state index in [4.69, 9.17) is 9.51 Å². The molecule has 10 heteroatoms. The number of amides is 1. The lowest BCUT2D eigenvalue weighted by Crippen LogP contribution is -2.29. The van der Waals surface area contributed by atoms with Crippen molar-refractivity contribution in [1.82, 2.24) is 29.9 Å². The van der Waals surface area contributed by atoms with Crippen LogP contribution in [0, 0.1) is 13.8 Å². The van der Waals surface area contributed by atoms with Crippen molar-refractivity contribution in [3.8, 4) is 11.4 Å². The second-order valence-electron chi connectivity index (χ2n) is 10.9. The van der Waals surface area contributed by atoms with Crippen LogP contribution in [0.5, 0.6) is 0 Å². The van der Waals surface area contributed by atoms with Gasteiger partial charge in [-0.3, -0.25) is 9.59 Å². The normalized spacial score (nSPS) is 16.4. The Hall–Kier alpha value is -3.92. The third-order valence-corrected chi connectivity index (χ3v) is 7.98. The first kappa shape index (κ1) is 25.4. The number of aromatic nitrogens is 4. The first-order valence-electron chi connectivity index (χ1n) is 13.8. The zero-order chi connectivity index (χ0) is 27.1. The molecule has 204 valence electrons. The molecule has 6 rings (SSSR count). The van der Waals surface area contributed by atoms with Gasteiger partial charge in [0, 0.05) is 36.5 Å². The minimum atomic E-state index is -0.239. The van der Waals surface area contributed by atoms with E-state index in [-0.39, 0.29) is 17.5 Å². The molecule has 1 amide bonds. The summed E-state index contributed by atoms with van der Waals surface area (Å²) in [6.45, 7) is 10.7. The molecule has 39 heavy (non-hydrogen) atoms. The van der Waals surface area contributed by atoms with E-state index in [1.54, 1.807) is 6.20 Å². The Balaban J connectivity index is 1.21. The predicted molar refractivity (Wildman–Crippen MR) is 150 cm³/mol. The first-order valence-corrected chi connectivity index (χ1v) is 13.8. The van der Waals surface area contributed by atoms with E-state index in [0.29, 0.717) is 35.6 Å². The van der Waals surface area contributed by atoms with E-state index in [1.165, 1.54) is 25.9 Å². The molecule has 0 radical (unpaired) electrons. The van der Waals surface area contributed by atoms with Crippen LogP contribution in [0.1, 0.15) is 59.1 Å². The molecule has 3 aromatic heterocycles. The quantitative estimate of drug-likeness (QED) is 0.299. The average molecular weight is 530 g/mol. The minimum Gasteiger partial charge on any atom is -0.381 e. The number of nitrogens with one attached hydrogen (secondary N) is 3. The fourth-order valence-corrected chi connectivity index (χ4v) is 5.92. The van der Waals surface area contributed by atoms with E-state index in [9.17, 15) is 9.59 Å². The Morgan fingerprint density at radius 2 is 1.97 bits per heavy atom. The van der Waals surface area contributed by atoms with Gasteiger partial charge in [-0.05, 0) is 89.9 Å². The lowest BCUT2D eigenvalue weighted by molar-refractivity contribution is 0.0772. The van der Waals surface area contributed by atoms with Crippen molar-refractivity contribution >= 4 is 22.6 Å². The summed E-state index contributed by atoms with van der Waals surface area (Å²) in [4.78, 5) is 41.4. The Kier molecular flexibility index (Phi) is 6.72. The fourth-order valence-electron chi connectivity index (χ4n) is 5.92. The van der Waals surface area contributed by atoms with Gasteiger partial charge in [0.05, 0.1) is 22.4 Å². The van der Waals surface area contributed by atoms with Gasteiger partial charge in [0.2, 0.25) is 0 Å². The monoisotopic (exact) mass is 529 g/mol. The molecular formula is C29H35N7O3. The summed E-state index contributed by atoms with van der Waals surface area (Å²) >= 11 is 0. The third kappa shape index (κ3) is 4.96. The van der Waals surface area contributed by atoms with Crippen LogP contribution < -0.4 is 10.9 Å². The number of pyridine rings is 1. The van der Waals surface area contributed by atoms with Crippen LogP contribution in [-0.2, 0) is 13.0 Å². The number of rotatable bonds is 9. The summed E-state index contributed by atoms with van der Waals surface area (Å²) < 4.78 is 5.30. The maximum Gasteiger partial charge on any atom is 0.261 e. The summed E-state index contributed by atoms with van der Waals surface area (Å²) in [5, 5.41) is 7.52. The number of aryl methyl sites for hydroxylation is 2. The maximum atomic E-state index is 13.2. The third-order valence-electron chi connectivity index (χ3n) is 7.98. The molecule has 0 bridgehead atoms. The fraction of sp³-hybridized carbons (Fsp3) is 0.448. The summed E-state index contributed by atoms with van der Waals surface area (Å²) in [5.41, 5.74) is 6.01. The van der Waals surface area contributed by atoms with Crippen LogP contribution >= 0.6 is 0 Å². The Morgan fingerprint density at radius 1 is 1.15 bits per heavy atom. The summed E-state index contributed by atoms with van der Waals surface area (Å²) in [6.07, 6.45) is 5.88. The van der Waals surface area contributed by atoms with E-state index >= 15 is 0 Å². The smallest absolute Gasteiger partial charge is 0.261 e. The van der Waals surface area contributed by atoms with Crippen molar-refractivity contribution in [1.29, 1.82) is 0 Å². The van der Waals surface area contributed by atoms with E-state index < -0.39 is 0 Å². The molecular weight excluding hydrogens is 494 g/mol. The lowest BCUT2D eigenvalue weighted by Gasteiger charge is -2.19. The molecule has 0 aliphatic carbocycles. The Morgan fingerprint density at radius 3 is 2.74 bits per heavy atom. The summed E-state index contributed by atoms with van der Waals surface area (Å²) in [6, 6.07) is 5.73. The van der Waals surface area contributed by atoms with Gasteiger partial charge >= 0.3 is 0 Å². The van der Waals surface area contributed by atoms with E-state index in [1.807, 2.05) is 36.9 Å². The largest absolute Gasteiger partial charge is 0.381 e.